The van der Waals surface area contributed by atoms with Gasteiger partial charge in [0.2, 0.25) is 11.8 Å². The number of hydrogen-bond acceptors (Lipinski definition) is 5. The molecule has 0 aliphatic carbocycles. The van der Waals surface area contributed by atoms with Gasteiger partial charge in [0.15, 0.2) is 0 Å². The normalized spacial score (nSPS) is 26.4. The Morgan fingerprint density at radius 1 is 1.38 bits per heavy atom. The van der Waals surface area contributed by atoms with Crippen molar-refractivity contribution in [3.63, 3.8) is 0 Å². The summed E-state index contributed by atoms with van der Waals surface area (Å²) < 4.78 is 7.79. The molecule has 1 aromatic heterocycles. The van der Waals surface area contributed by atoms with Gasteiger partial charge in [0.25, 0.3) is 0 Å². The molecule has 24 heavy (non-hydrogen) atoms. The third-order valence-corrected chi connectivity index (χ3v) is 5.27. The monoisotopic (exact) mass is 333 g/mol. The summed E-state index contributed by atoms with van der Waals surface area (Å²) in [6, 6.07) is 0.0640. The summed E-state index contributed by atoms with van der Waals surface area (Å²) in [7, 11) is 0. The fraction of sp³-hybridized carbons (Fsp3) is 0.750. The third-order valence-electron chi connectivity index (χ3n) is 5.27. The Bertz CT molecular complexity index is 631. The largest absolute Gasteiger partial charge is 0.370 e. The van der Waals surface area contributed by atoms with Crippen LogP contribution in [0.3, 0.4) is 0 Å². The van der Waals surface area contributed by atoms with Crippen LogP contribution in [0.5, 0.6) is 0 Å². The van der Waals surface area contributed by atoms with Crippen LogP contribution in [0, 0.1) is 0 Å². The predicted molar refractivity (Wildman–Crippen MR) is 83.9 cm³/mol. The summed E-state index contributed by atoms with van der Waals surface area (Å²) in [6.07, 6.45) is 5.51. The van der Waals surface area contributed by atoms with Crippen LogP contribution in [0.25, 0.3) is 0 Å². The number of aromatic nitrogens is 3. The summed E-state index contributed by atoms with van der Waals surface area (Å²) in [5, 5.41) is 8.12. The minimum atomic E-state index is 0.0640. The van der Waals surface area contributed by atoms with E-state index in [-0.39, 0.29) is 24.0 Å². The second-order valence-electron chi connectivity index (χ2n) is 6.80. The van der Waals surface area contributed by atoms with Gasteiger partial charge in [-0.15, -0.1) is 5.10 Å². The van der Waals surface area contributed by atoms with Crippen molar-refractivity contribution in [1.82, 2.24) is 24.8 Å². The fourth-order valence-corrected chi connectivity index (χ4v) is 3.93. The van der Waals surface area contributed by atoms with Gasteiger partial charge in [-0.3, -0.25) is 9.59 Å². The molecule has 2 amide bonds. The van der Waals surface area contributed by atoms with Crippen molar-refractivity contribution in [2.45, 2.75) is 50.9 Å². The van der Waals surface area contributed by atoms with Gasteiger partial charge >= 0.3 is 0 Å². The molecule has 0 spiro atoms. The summed E-state index contributed by atoms with van der Waals surface area (Å²) in [4.78, 5) is 27.9. The van der Waals surface area contributed by atoms with Gasteiger partial charge < -0.3 is 14.5 Å². The van der Waals surface area contributed by atoms with E-state index in [0.717, 1.165) is 38.0 Å². The first-order chi connectivity index (χ1) is 11.7. The molecule has 1 aromatic rings. The van der Waals surface area contributed by atoms with E-state index in [9.17, 15) is 9.59 Å². The topological polar surface area (TPSA) is 80.6 Å². The molecule has 2 unspecified atom stereocenters. The lowest BCUT2D eigenvalue weighted by molar-refractivity contribution is -0.138. The van der Waals surface area contributed by atoms with Gasteiger partial charge in [-0.25, -0.2) is 4.68 Å². The Morgan fingerprint density at radius 2 is 2.29 bits per heavy atom. The highest BCUT2D eigenvalue weighted by atomic mass is 16.5. The van der Waals surface area contributed by atoms with E-state index in [1.54, 1.807) is 6.20 Å². The zero-order valence-electron chi connectivity index (χ0n) is 13.8. The first-order valence-electron chi connectivity index (χ1n) is 8.78. The lowest BCUT2D eigenvalue weighted by Gasteiger charge is -2.41. The van der Waals surface area contributed by atoms with E-state index in [4.69, 9.17) is 4.74 Å². The van der Waals surface area contributed by atoms with Crippen molar-refractivity contribution >= 4 is 11.8 Å². The summed E-state index contributed by atoms with van der Waals surface area (Å²) in [5.41, 5.74) is 0.970. The molecular weight excluding hydrogens is 310 g/mol. The molecular formula is C16H23N5O3. The smallest absolute Gasteiger partial charge is 0.222 e. The number of fused-ring (bicyclic) bond motifs is 3. The number of ether oxygens (including phenoxy) is 1. The van der Waals surface area contributed by atoms with Gasteiger partial charge in [-0.2, -0.15) is 0 Å². The van der Waals surface area contributed by atoms with Crippen LogP contribution >= 0.6 is 0 Å². The second kappa shape index (κ2) is 6.51. The van der Waals surface area contributed by atoms with Gasteiger partial charge in [-0.1, -0.05) is 5.21 Å². The number of nitrogens with zero attached hydrogens (tertiary/aromatic N) is 5. The molecule has 3 aliphatic heterocycles. The maximum Gasteiger partial charge on any atom is 0.222 e. The molecule has 130 valence electrons. The van der Waals surface area contributed by atoms with Crippen LogP contribution in [0.15, 0.2) is 6.20 Å². The van der Waals surface area contributed by atoms with Crippen molar-refractivity contribution in [3.05, 3.63) is 11.9 Å². The van der Waals surface area contributed by atoms with E-state index in [1.165, 1.54) is 0 Å². The number of likely N-dealkylation sites (tertiary alicyclic amines) is 2. The molecule has 2 fully saturated rings. The molecule has 2 saturated heterocycles. The first-order valence-corrected chi connectivity index (χ1v) is 8.78. The fourth-order valence-electron chi connectivity index (χ4n) is 3.93. The highest BCUT2D eigenvalue weighted by molar-refractivity contribution is 5.78. The van der Waals surface area contributed by atoms with Crippen LogP contribution in [-0.4, -0.2) is 68.9 Å². The molecule has 0 radical (unpaired) electrons. The molecule has 4 heterocycles. The van der Waals surface area contributed by atoms with E-state index in [2.05, 4.69) is 10.3 Å². The van der Waals surface area contributed by atoms with Crippen molar-refractivity contribution < 1.29 is 14.3 Å². The predicted octanol–water partition coefficient (Wildman–Crippen LogP) is 0.353. The van der Waals surface area contributed by atoms with Gasteiger partial charge in [0.05, 0.1) is 30.6 Å². The quantitative estimate of drug-likeness (QED) is 0.794. The third kappa shape index (κ3) is 2.90. The zero-order valence-corrected chi connectivity index (χ0v) is 13.8. The SMILES string of the molecule is O=C1CCCN1CCCC(=O)N1CCC2OCc3cnnn3C2C1. The molecule has 2 atom stereocenters. The molecule has 0 bridgehead atoms. The average molecular weight is 333 g/mol. The average Bonchev–Trinajstić information content (AvgIpc) is 3.23. The van der Waals surface area contributed by atoms with Crippen LogP contribution in [0.2, 0.25) is 0 Å². The minimum absolute atomic E-state index is 0.0640. The lowest BCUT2D eigenvalue weighted by Crippen LogP contribution is -2.50. The highest BCUT2D eigenvalue weighted by Crippen LogP contribution is 2.30. The standard InChI is InChI=1S/C16H23N5O3/c22-15-3-1-6-19(15)7-2-4-16(23)20-8-5-14-13(10-20)21-12(11-24-14)9-17-18-21/h9,13-14H,1-8,10-11H2. The molecule has 0 N–H and O–H groups in total. The van der Waals surface area contributed by atoms with Gasteiger partial charge in [-0.05, 0) is 19.3 Å². The maximum atomic E-state index is 12.5. The number of carbonyl (C=O) groups is 2. The first kappa shape index (κ1) is 15.6. The number of rotatable bonds is 4. The van der Waals surface area contributed by atoms with Crippen molar-refractivity contribution in [1.29, 1.82) is 0 Å². The van der Waals surface area contributed by atoms with Crippen molar-refractivity contribution in [3.8, 4) is 0 Å². The Hall–Kier alpha value is -1.96. The van der Waals surface area contributed by atoms with Gasteiger partial charge in [0.1, 0.15) is 0 Å². The molecule has 0 aromatic carbocycles. The summed E-state index contributed by atoms with van der Waals surface area (Å²) in [5.74, 6) is 0.383. The number of amides is 2. The molecule has 4 rings (SSSR count). The van der Waals surface area contributed by atoms with Crippen LogP contribution in [-0.2, 0) is 20.9 Å². The number of carbonyl (C=O) groups excluding carboxylic acids is 2. The summed E-state index contributed by atoms with van der Waals surface area (Å²) in [6.45, 7) is 3.44. The van der Waals surface area contributed by atoms with E-state index < -0.39 is 0 Å². The molecule has 8 nitrogen and oxygen atoms in total. The van der Waals surface area contributed by atoms with Crippen LogP contribution < -0.4 is 0 Å². The Kier molecular flexibility index (Phi) is 4.22. The molecule has 0 saturated carbocycles. The molecule has 8 heteroatoms. The maximum absolute atomic E-state index is 12.5. The lowest BCUT2D eigenvalue weighted by atomic mass is 10.00. The Balaban J connectivity index is 1.31. The molecule has 3 aliphatic rings. The van der Waals surface area contributed by atoms with E-state index >= 15 is 0 Å². The zero-order chi connectivity index (χ0) is 16.5. The summed E-state index contributed by atoms with van der Waals surface area (Å²) >= 11 is 0. The second-order valence-corrected chi connectivity index (χ2v) is 6.80. The van der Waals surface area contributed by atoms with Crippen molar-refractivity contribution in [2.75, 3.05) is 26.2 Å². The number of piperidine rings is 1. The van der Waals surface area contributed by atoms with Crippen LogP contribution in [0.4, 0.5) is 0 Å². The Morgan fingerprint density at radius 3 is 3.12 bits per heavy atom. The highest BCUT2D eigenvalue weighted by Gasteiger charge is 2.37. The van der Waals surface area contributed by atoms with E-state index in [1.807, 2.05) is 14.5 Å². The van der Waals surface area contributed by atoms with Crippen LogP contribution in [0.1, 0.15) is 43.8 Å². The van der Waals surface area contributed by atoms with Gasteiger partial charge in [0, 0.05) is 39.0 Å². The Labute approximate surface area is 140 Å². The number of hydrogen-bond donors (Lipinski definition) is 0. The van der Waals surface area contributed by atoms with Crippen molar-refractivity contribution in [2.24, 2.45) is 0 Å². The van der Waals surface area contributed by atoms with E-state index in [0.29, 0.717) is 32.5 Å². The minimum Gasteiger partial charge on any atom is -0.370 e.